The minimum Gasteiger partial charge on any atom is -0.380 e. The molecule has 2 aliphatic rings. The Kier molecular flexibility index (Phi) is 4.46. The van der Waals surface area contributed by atoms with Crippen LogP contribution in [0.25, 0.3) is 10.8 Å². The monoisotopic (exact) mass is 346 g/mol. The van der Waals surface area contributed by atoms with E-state index in [1.165, 1.54) is 18.9 Å². The number of fused-ring (bicyclic) bond motifs is 1. The Morgan fingerprint density at radius 1 is 1.08 bits per heavy atom. The zero-order valence-electron chi connectivity index (χ0n) is 14.6. The van der Waals surface area contributed by atoms with E-state index in [4.69, 9.17) is 0 Å². The molecule has 1 aromatic carbocycles. The van der Waals surface area contributed by atoms with E-state index in [1.54, 1.807) is 6.20 Å². The maximum absolute atomic E-state index is 14.7. The van der Waals surface area contributed by atoms with E-state index >= 15 is 0 Å². The lowest BCUT2D eigenvalue weighted by Gasteiger charge is -2.34. The smallest absolute Gasteiger partial charge is 0.136 e. The van der Waals surface area contributed by atoms with Gasteiger partial charge in [-0.15, -0.1) is 0 Å². The second-order valence-electron chi connectivity index (χ2n) is 7.22. The Morgan fingerprint density at radius 3 is 2.52 bits per heavy atom. The third-order valence-corrected chi connectivity index (χ3v) is 5.40. The molecule has 1 aromatic heterocycles. The molecule has 4 rings (SSSR count). The predicted molar refractivity (Wildman–Crippen MR) is 97.2 cm³/mol. The first-order chi connectivity index (χ1) is 12.1. The number of benzene rings is 1. The van der Waals surface area contributed by atoms with Crippen LogP contribution in [0.2, 0.25) is 0 Å². The topological polar surface area (TPSA) is 31.4 Å². The molecule has 1 saturated carbocycles. The highest BCUT2D eigenvalue weighted by Crippen LogP contribution is 2.35. The fourth-order valence-electron chi connectivity index (χ4n) is 3.95. The lowest BCUT2D eigenvalue weighted by molar-refractivity contribution is 0.312. The summed E-state index contributed by atoms with van der Waals surface area (Å²) in [7, 11) is 2.08. The van der Waals surface area contributed by atoms with Crippen LogP contribution >= 0.6 is 0 Å². The molecule has 0 amide bonds. The van der Waals surface area contributed by atoms with E-state index in [1.807, 2.05) is 0 Å². The van der Waals surface area contributed by atoms with Crippen molar-refractivity contribution in [2.24, 2.45) is 0 Å². The fraction of sp³-hybridized carbons (Fsp3) is 0.526. The number of anilines is 2. The first-order valence-corrected chi connectivity index (χ1v) is 9.09. The quantitative estimate of drug-likeness (QED) is 0.920. The van der Waals surface area contributed by atoms with E-state index in [0.717, 1.165) is 45.1 Å². The summed E-state index contributed by atoms with van der Waals surface area (Å²) >= 11 is 0. The number of hydrogen-bond acceptors (Lipinski definition) is 4. The number of aromatic nitrogens is 1. The van der Waals surface area contributed by atoms with Gasteiger partial charge in [-0.3, -0.25) is 0 Å². The molecular formula is C19H24F2N4. The van der Waals surface area contributed by atoms with Crippen molar-refractivity contribution in [2.75, 3.05) is 43.4 Å². The molecule has 0 bridgehead atoms. The third kappa shape index (κ3) is 3.27. The summed E-state index contributed by atoms with van der Waals surface area (Å²) in [5.74, 6) is -0.396. The number of piperazine rings is 1. The van der Waals surface area contributed by atoms with Crippen LogP contribution in [0.5, 0.6) is 0 Å². The SMILES string of the molecule is CN1CCN(c2ncc(NC3CCCC3)c3c(F)cc(F)cc23)CC1. The minimum atomic E-state index is -0.555. The zero-order valence-corrected chi connectivity index (χ0v) is 14.6. The lowest BCUT2D eigenvalue weighted by Crippen LogP contribution is -2.44. The van der Waals surface area contributed by atoms with Gasteiger partial charge in [0, 0.05) is 49.1 Å². The maximum Gasteiger partial charge on any atom is 0.136 e. The molecule has 2 heterocycles. The van der Waals surface area contributed by atoms with Crippen molar-refractivity contribution < 1.29 is 8.78 Å². The summed E-state index contributed by atoms with van der Waals surface area (Å²) in [6, 6.07) is 2.73. The highest BCUT2D eigenvalue weighted by atomic mass is 19.1. The highest BCUT2D eigenvalue weighted by Gasteiger charge is 2.22. The molecule has 0 spiro atoms. The lowest BCUT2D eigenvalue weighted by atomic mass is 10.1. The average molecular weight is 346 g/mol. The van der Waals surface area contributed by atoms with Crippen LogP contribution in [-0.4, -0.2) is 49.2 Å². The highest BCUT2D eigenvalue weighted by molar-refractivity contribution is 6.00. The third-order valence-electron chi connectivity index (χ3n) is 5.40. The number of nitrogens with one attached hydrogen (secondary N) is 1. The van der Waals surface area contributed by atoms with Crippen LogP contribution in [0, 0.1) is 11.6 Å². The summed E-state index contributed by atoms with van der Waals surface area (Å²) in [6.45, 7) is 3.46. The van der Waals surface area contributed by atoms with Gasteiger partial charge in [-0.1, -0.05) is 12.8 Å². The van der Waals surface area contributed by atoms with E-state index in [-0.39, 0.29) is 0 Å². The molecule has 4 nitrogen and oxygen atoms in total. The predicted octanol–water partition coefficient (Wildman–Crippen LogP) is 3.62. The van der Waals surface area contributed by atoms with Gasteiger partial charge >= 0.3 is 0 Å². The molecule has 2 fully saturated rings. The normalized spacial score (nSPS) is 19.7. The van der Waals surface area contributed by atoms with Crippen LogP contribution in [-0.2, 0) is 0 Å². The molecule has 0 atom stereocenters. The van der Waals surface area contributed by atoms with E-state index in [9.17, 15) is 8.78 Å². The van der Waals surface area contributed by atoms with Crippen LogP contribution < -0.4 is 10.2 Å². The zero-order chi connectivity index (χ0) is 17.4. The van der Waals surface area contributed by atoms with E-state index in [0.29, 0.717) is 28.3 Å². The molecular weight excluding hydrogens is 322 g/mol. The van der Waals surface area contributed by atoms with Crippen LogP contribution in [0.4, 0.5) is 20.3 Å². The Bertz CT molecular complexity index is 766. The first-order valence-electron chi connectivity index (χ1n) is 9.09. The Morgan fingerprint density at radius 2 is 1.80 bits per heavy atom. The summed E-state index contributed by atoms with van der Waals surface area (Å²) in [5, 5.41) is 4.45. The van der Waals surface area contributed by atoms with Crippen molar-refractivity contribution in [3.8, 4) is 0 Å². The standard InChI is InChI=1S/C19H24F2N4/c1-24-6-8-25(9-7-24)19-15-10-13(20)11-16(21)18(15)17(12-22-19)23-14-4-2-3-5-14/h10-12,14,23H,2-9H2,1H3. The Balaban J connectivity index is 1.77. The Labute approximate surface area is 146 Å². The summed E-state index contributed by atoms with van der Waals surface area (Å²) in [6.07, 6.45) is 6.28. The largest absolute Gasteiger partial charge is 0.380 e. The van der Waals surface area contributed by atoms with E-state index < -0.39 is 11.6 Å². The molecule has 134 valence electrons. The van der Waals surface area contributed by atoms with Gasteiger partial charge in [-0.05, 0) is 26.0 Å². The fourth-order valence-corrected chi connectivity index (χ4v) is 3.95. The molecule has 1 N–H and O–H groups in total. The number of halogens is 2. The molecule has 25 heavy (non-hydrogen) atoms. The summed E-state index contributed by atoms with van der Waals surface area (Å²) < 4.78 is 28.6. The molecule has 6 heteroatoms. The molecule has 1 saturated heterocycles. The van der Waals surface area contributed by atoms with Crippen molar-refractivity contribution in [1.29, 1.82) is 0 Å². The van der Waals surface area contributed by atoms with Crippen molar-refractivity contribution in [3.05, 3.63) is 30.0 Å². The van der Waals surface area contributed by atoms with Crippen molar-refractivity contribution in [1.82, 2.24) is 9.88 Å². The Hall–Kier alpha value is -1.95. The number of pyridine rings is 1. The maximum atomic E-state index is 14.7. The molecule has 1 aliphatic heterocycles. The number of nitrogens with zero attached hydrogens (tertiary/aromatic N) is 3. The van der Waals surface area contributed by atoms with Gasteiger partial charge in [-0.25, -0.2) is 13.8 Å². The van der Waals surface area contributed by atoms with Crippen molar-refractivity contribution in [2.45, 2.75) is 31.7 Å². The van der Waals surface area contributed by atoms with Crippen LogP contribution in [0.3, 0.4) is 0 Å². The number of hydrogen-bond donors (Lipinski definition) is 1. The minimum absolute atomic E-state index is 0.351. The van der Waals surface area contributed by atoms with Crippen molar-refractivity contribution in [3.63, 3.8) is 0 Å². The van der Waals surface area contributed by atoms with Gasteiger partial charge in [0.05, 0.1) is 11.9 Å². The number of rotatable bonds is 3. The average Bonchev–Trinajstić information content (AvgIpc) is 3.08. The van der Waals surface area contributed by atoms with Crippen LogP contribution in [0.1, 0.15) is 25.7 Å². The molecule has 0 radical (unpaired) electrons. The second-order valence-corrected chi connectivity index (χ2v) is 7.22. The van der Waals surface area contributed by atoms with Gasteiger partial charge in [0.25, 0.3) is 0 Å². The van der Waals surface area contributed by atoms with Crippen molar-refractivity contribution >= 4 is 22.3 Å². The van der Waals surface area contributed by atoms with Crippen LogP contribution in [0.15, 0.2) is 18.3 Å². The van der Waals surface area contributed by atoms with Gasteiger partial charge in [0.2, 0.25) is 0 Å². The summed E-state index contributed by atoms with van der Waals surface area (Å²) in [5.41, 5.74) is 0.678. The van der Waals surface area contributed by atoms with Gasteiger partial charge in [0.1, 0.15) is 17.5 Å². The first kappa shape index (κ1) is 16.5. The van der Waals surface area contributed by atoms with Gasteiger partial charge in [0.15, 0.2) is 0 Å². The number of likely N-dealkylation sites (N-methyl/N-ethyl adjacent to an activating group) is 1. The molecule has 1 aliphatic carbocycles. The molecule has 2 aromatic rings. The van der Waals surface area contributed by atoms with Gasteiger partial charge in [-0.2, -0.15) is 0 Å². The van der Waals surface area contributed by atoms with Gasteiger partial charge < -0.3 is 15.1 Å². The summed E-state index contributed by atoms with van der Waals surface area (Å²) in [4.78, 5) is 8.96. The van der Waals surface area contributed by atoms with E-state index in [2.05, 4.69) is 27.1 Å². The second kappa shape index (κ2) is 6.75. The molecule has 0 unspecified atom stereocenters.